The molecule has 1 aromatic heterocycles. The lowest BCUT2D eigenvalue weighted by atomic mass is 10.1. The maximum absolute atomic E-state index is 13.9. The Balaban J connectivity index is 2.70. The zero-order valence-electron chi connectivity index (χ0n) is 11.4. The lowest BCUT2D eigenvalue weighted by Crippen LogP contribution is -2.05. The largest absolute Gasteiger partial charge is 0.384 e. The van der Waals surface area contributed by atoms with Gasteiger partial charge in [0.1, 0.15) is 17.2 Å². The van der Waals surface area contributed by atoms with Crippen molar-refractivity contribution in [2.75, 3.05) is 11.9 Å². The average molecular weight is 264 g/mol. The van der Waals surface area contributed by atoms with Gasteiger partial charge in [-0.15, -0.1) is 0 Å². The Labute approximate surface area is 111 Å². The van der Waals surface area contributed by atoms with Crippen molar-refractivity contribution in [2.24, 2.45) is 0 Å². The van der Waals surface area contributed by atoms with E-state index in [0.29, 0.717) is 12.2 Å². The van der Waals surface area contributed by atoms with E-state index in [1.165, 1.54) is 0 Å². The van der Waals surface area contributed by atoms with Crippen LogP contribution in [0.4, 0.5) is 14.5 Å². The van der Waals surface area contributed by atoms with Crippen molar-refractivity contribution in [1.82, 2.24) is 4.98 Å². The van der Waals surface area contributed by atoms with Gasteiger partial charge in [-0.25, -0.2) is 13.8 Å². The Morgan fingerprint density at radius 1 is 1.21 bits per heavy atom. The van der Waals surface area contributed by atoms with Crippen molar-refractivity contribution >= 4 is 16.6 Å². The van der Waals surface area contributed by atoms with Gasteiger partial charge in [0.15, 0.2) is 0 Å². The third-order valence-corrected chi connectivity index (χ3v) is 3.04. The van der Waals surface area contributed by atoms with E-state index in [4.69, 9.17) is 0 Å². The minimum absolute atomic E-state index is 0.102. The van der Waals surface area contributed by atoms with Gasteiger partial charge < -0.3 is 5.32 Å². The molecule has 1 heterocycles. The molecule has 0 bridgehead atoms. The van der Waals surface area contributed by atoms with E-state index in [1.807, 2.05) is 26.8 Å². The highest BCUT2D eigenvalue weighted by Crippen LogP contribution is 2.30. The van der Waals surface area contributed by atoms with Crippen molar-refractivity contribution in [3.63, 3.8) is 0 Å². The minimum atomic E-state index is -0.488. The Hall–Kier alpha value is -1.71. The van der Waals surface area contributed by atoms with Crippen LogP contribution in [0.5, 0.6) is 0 Å². The van der Waals surface area contributed by atoms with Crippen LogP contribution >= 0.6 is 0 Å². The normalized spacial score (nSPS) is 11.3. The van der Waals surface area contributed by atoms with Crippen LogP contribution in [0.2, 0.25) is 0 Å². The molecule has 0 spiro atoms. The van der Waals surface area contributed by atoms with Crippen LogP contribution in [0.1, 0.15) is 38.8 Å². The molecule has 2 nitrogen and oxygen atoms in total. The van der Waals surface area contributed by atoms with Crippen molar-refractivity contribution in [3.8, 4) is 0 Å². The summed E-state index contributed by atoms with van der Waals surface area (Å²) < 4.78 is 27.8. The van der Waals surface area contributed by atoms with Crippen molar-refractivity contribution < 1.29 is 8.78 Å². The van der Waals surface area contributed by atoms with Crippen molar-refractivity contribution in [3.05, 3.63) is 35.5 Å². The quantitative estimate of drug-likeness (QED) is 0.882. The van der Waals surface area contributed by atoms with E-state index in [9.17, 15) is 8.78 Å². The van der Waals surface area contributed by atoms with Gasteiger partial charge in [0.05, 0.1) is 5.39 Å². The first-order valence-electron chi connectivity index (χ1n) is 6.57. The van der Waals surface area contributed by atoms with Crippen molar-refractivity contribution in [2.45, 2.75) is 33.1 Å². The van der Waals surface area contributed by atoms with Gasteiger partial charge in [0.25, 0.3) is 0 Å². The fourth-order valence-corrected chi connectivity index (χ4v) is 1.98. The molecule has 2 rings (SSSR count). The zero-order chi connectivity index (χ0) is 14.0. The van der Waals surface area contributed by atoms with Crippen LogP contribution in [0.15, 0.2) is 18.2 Å². The second kappa shape index (κ2) is 5.51. The van der Waals surface area contributed by atoms with E-state index < -0.39 is 11.6 Å². The first-order chi connectivity index (χ1) is 9.04. The monoisotopic (exact) mass is 264 g/mol. The molecule has 1 N–H and O–H groups in total. The molecule has 0 saturated heterocycles. The maximum Gasteiger partial charge on any atom is 0.149 e. The SMILES string of the molecule is CCCNc1cc(C(C)C)nc2c(F)ccc(F)c12. The summed E-state index contributed by atoms with van der Waals surface area (Å²) in [5.74, 6) is -0.773. The van der Waals surface area contributed by atoms with Crippen LogP contribution < -0.4 is 5.32 Å². The average Bonchev–Trinajstić information content (AvgIpc) is 2.39. The Kier molecular flexibility index (Phi) is 3.98. The fraction of sp³-hybridized carbons (Fsp3) is 0.400. The summed E-state index contributed by atoms with van der Waals surface area (Å²) >= 11 is 0. The summed E-state index contributed by atoms with van der Waals surface area (Å²) in [5.41, 5.74) is 1.48. The molecule has 2 aromatic rings. The molecule has 102 valence electrons. The molecule has 0 saturated carbocycles. The molecule has 0 unspecified atom stereocenters. The summed E-state index contributed by atoms with van der Waals surface area (Å²) in [4.78, 5) is 4.25. The van der Waals surface area contributed by atoms with Gasteiger partial charge in [-0.05, 0) is 30.5 Å². The Morgan fingerprint density at radius 3 is 2.53 bits per heavy atom. The van der Waals surface area contributed by atoms with Crippen LogP contribution in [0.25, 0.3) is 10.9 Å². The summed E-state index contributed by atoms with van der Waals surface area (Å²) in [6, 6.07) is 4.08. The zero-order valence-corrected chi connectivity index (χ0v) is 11.4. The molecule has 0 radical (unpaired) electrons. The minimum Gasteiger partial charge on any atom is -0.384 e. The van der Waals surface area contributed by atoms with Gasteiger partial charge in [-0.3, -0.25) is 0 Å². The standard InChI is InChI=1S/C15H18F2N2/c1-4-7-18-13-8-12(9(2)3)19-15-11(17)6-5-10(16)14(13)15/h5-6,8-9H,4,7H2,1-3H3,(H,18,19). The molecule has 0 amide bonds. The number of hydrogen-bond donors (Lipinski definition) is 1. The number of fused-ring (bicyclic) bond motifs is 1. The van der Waals surface area contributed by atoms with Gasteiger partial charge in [0.2, 0.25) is 0 Å². The van der Waals surface area contributed by atoms with E-state index in [1.54, 1.807) is 0 Å². The highest BCUT2D eigenvalue weighted by molar-refractivity contribution is 5.92. The molecular formula is C15H18F2N2. The summed E-state index contributed by atoms with van der Waals surface area (Å²) in [6.07, 6.45) is 0.914. The smallest absolute Gasteiger partial charge is 0.149 e. The number of pyridine rings is 1. The number of halogens is 2. The molecule has 4 heteroatoms. The molecule has 1 aromatic carbocycles. The number of nitrogens with zero attached hydrogens (tertiary/aromatic N) is 1. The summed E-state index contributed by atoms with van der Waals surface area (Å²) in [5, 5.41) is 3.39. The summed E-state index contributed by atoms with van der Waals surface area (Å²) in [7, 11) is 0. The molecule has 0 aliphatic rings. The topological polar surface area (TPSA) is 24.9 Å². The van der Waals surface area contributed by atoms with E-state index in [2.05, 4.69) is 10.3 Å². The van der Waals surface area contributed by atoms with Crippen LogP contribution in [0.3, 0.4) is 0 Å². The van der Waals surface area contributed by atoms with E-state index >= 15 is 0 Å². The predicted octanol–water partition coefficient (Wildman–Crippen LogP) is 4.46. The maximum atomic E-state index is 13.9. The number of hydrogen-bond acceptors (Lipinski definition) is 2. The van der Waals surface area contributed by atoms with Gasteiger partial charge in [-0.2, -0.15) is 0 Å². The fourth-order valence-electron chi connectivity index (χ4n) is 1.98. The second-order valence-electron chi connectivity index (χ2n) is 4.93. The van der Waals surface area contributed by atoms with Gasteiger partial charge in [0, 0.05) is 17.9 Å². The lowest BCUT2D eigenvalue weighted by Gasteiger charge is -2.14. The number of benzene rings is 1. The number of nitrogens with one attached hydrogen (secondary N) is 1. The highest BCUT2D eigenvalue weighted by Gasteiger charge is 2.15. The number of aromatic nitrogens is 1. The number of anilines is 1. The predicted molar refractivity (Wildman–Crippen MR) is 74.5 cm³/mol. The molecule has 0 atom stereocenters. The molecular weight excluding hydrogens is 246 g/mol. The van der Waals surface area contributed by atoms with E-state index in [0.717, 1.165) is 24.2 Å². The van der Waals surface area contributed by atoms with Crippen LogP contribution in [0, 0.1) is 11.6 Å². The van der Waals surface area contributed by atoms with Crippen LogP contribution in [-0.2, 0) is 0 Å². The number of rotatable bonds is 4. The lowest BCUT2D eigenvalue weighted by molar-refractivity contribution is 0.614. The Morgan fingerprint density at radius 2 is 1.89 bits per heavy atom. The first kappa shape index (κ1) is 13.7. The van der Waals surface area contributed by atoms with Crippen LogP contribution in [-0.4, -0.2) is 11.5 Å². The molecule has 0 fully saturated rings. The molecule has 19 heavy (non-hydrogen) atoms. The van der Waals surface area contributed by atoms with Gasteiger partial charge in [-0.1, -0.05) is 20.8 Å². The van der Waals surface area contributed by atoms with Gasteiger partial charge >= 0.3 is 0 Å². The first-order valence-corrected chi connectivity index (χ1v) is 6.57. The third-order valence-electron chi connectivity index (χ3n) is 3.04. The molecule has 0 aliphatic heterocycles. The highest BCUT2D eigenvalue weighted by atomic mass is 19.1. The molecule has 0 aliphatic carbocycles. The summed E-state index contributed by atoms with van der Waals surface area (Å²) in [6.45, 7) is 6.70. The van der Waals surface area contributed by atoms with Crippen molar-refractivity contribution in [1.29, 1.82) is 0 Å². The second-order valence-corrected chi connectivity index (χ2v) is 4.93. The Bertz CT molecular complexity index is 594. The third kappa shape index (κ3) is 2.67. The van der Waals surface area contributed by atoms with E-state index in [-0.39, 0.29) is 16.8 Å².